The topological polar surface area (TPSA) is 98.3 Å². The molecule has 0 saturated carbocycles. The second kappa shape index (κ2) is 5.70. The normalized spacial score (nSPS) is 13.7. The Hall–Kier alpha value is -2.09. The van der Waals surface area contributed by atoms with E-state index in [0.29, 0.717) is 6.07 Å². The Bertz CT molecular complexity index is 520. The number of nitrogens with zero attached hydrogens (tertiary/aromatic N) is 1. The molecule has 0 heterocycles. The van der Waals surface area contributed by atoms with E-state index in [1.165, 1.54) is 6.92 Å². The summed E-state index contributed by atoms with van der Waals surface area (Å²) in [4.78, 5) is 21.5. The Kier molecular flexibility index (Phi) is 4.49. The van der Waals surface area contributed by atoms with Crippen LogP contribution in [0.15, 0.2) is 12.1 Å². The van der Waals surface area contributed by atoms with E-state index >= 15 is 0 Å². The summed E-state index contributed by atoms with van der Waals surface area (Å²) in [7, 11) is 0. The maximum atomic E-state index is 13.5. The van der Waals surface area contributed by atoms with Gasteiger partial charge in [0.25, 0.3) is 5.69 Å². The molecule has 0 aliphatic rings. The summed E-state index contributed by atoms with van der Waals surface area (Å²) >= 11 is 0. The lowest BCUT2D eigenvalue weighted by atomic mass is 10.0. The minimum absolute atomic E-state index is 0.532. The van der Waals surface area contributed by atoms with Crippen molar-refractivity contribution in [2.75, 3.05) is 5.32 Å². The number of nitrogens with one attached hydrogen (secondary N) is 1. The van der Waals surface area contributed by atoms with Crippen molar-refractivity contribution in [3.63, 3.8) is 0 Å². The van der Waals surface area contributed by atoms with Crippen molar-refractivity contribution < 1.29 is 18.5 Å². The summed E-state index contributed by atoms with van der Waals surface area (Å²) < 4.78 is 26.6. The van der Waals surface area contributed by atoms with Crippen LogP contribution in [0.25, 0.3) is 0 Å². The molecule has 0 aliphatic heterocycles. The van der Waals surface area contributed by atoms with E-state index in [1.54, 1.807) is 6.92 Å². The SMILES string of the molecule is CC(N)C(C)C(=O)Nc1c([N+](=O)[O-])ccc(F)c1F. The molecule has 2 unspecified atom stereocenters. The largest absolute Gasteiger partial charge is 0.327 e. The highest BCUT2D eigenvalue weighted by molar-refractivity contribution is 5.95. The van der Waals surface area contributed by atoms with Crippen LogP contribution in [0, 0.1) is 27.7 Å². The number of nitro benzene ring substituents is 1. The number of amides is 1. The van der Waals surface area contributed by atoms with E-state index in [4.69, 9.17) is 5.73 Å². The Morgan fingerprint density at radius 2 is 2.00 bits per heavy atom. The van der Waals surface area contributed by atoms with Crippen LogP contribution in [0.1, 0.15) is 13.8 Å². The molecule has 6 nitrogen and oxygen atoms in total. The first kappa shape index (κ1) is 15.0. The fourth-order valence-electron chi connectivity index (χ4n) is 1.29. The zero-order chi connectivity index (χ0) is 14.7. The highest BCUT2D eigenvalue weighted by Gasteiger charge is 2.26. The van der Waals surface area contributed by atoms with Crippen molar-refractivity contribution in [3.8, 4) is 0 Å². The fourth-order valence-corrected chi connectivity index (χ4v) is 1.29. The summed E-state index contributed by atoms with van der Waals surface area (Å²) in [5, 5.41) is 12.7. The first-order chi connectivity index (χ1) is 8.75. The van der Waals surface area contributed by atoms with Crippen LogP contribution in [0.5, 0.6) is 0 Å². The van der Waals surface area contributed by atoms with Gasteiger partial charge >= 0.3 is 0 Å². The lowest BCUT2D eigenvalue weighted by Crippen LogP contribution is -2.34. The summed E-state index contributed by atoms with van der Waals surface area (Å²) in [5.41, 5.74) is 3.99. The summed E-state index contributed by atoms with van der Waals surface area (Å²) in [5.74, 6) is -4.18. The van der Waals surface area contributed by atoms with Gasteiger partial charge in [0.2, 0.25) is 5.91 Å². The van der Waals surface area contributed by atoms with Crippen LogP contribution in [-0.4, -0.2) is 16.9 Å². The third-order valence-corrected chi connectivity index (χ3v) is 2.72. The van der Waals surface area contributed by atoms with Crippen LogP contribution < -0.4 is 11.1 Å². The Labute approximate surface area is 107 Å². The van der Waals surface area contributed by atoms with Crippen molar-refractivity contribution in [2.45, 2.75) is 19.9 Å². The van der Waals surface area contributed by atoms with Crippen molar-refractivity contribution in [2.24, 2.45) is 11.7 Å². The molecule has 2 atom stereocenters. The van der Waals surface area contributed by atoms with Gasteiger partial charge in [-0.15, -0.1) is 0 Å². The van der Waals surface area contributed by atoms with E-state index < -0.39 is 45.8 Å². The van der Waals surface area contributed by atoms with Gasteiger partial charge in [0.05, 0.1) is 10.8 Å². The van der Waals surface area contributed by atoms with Gasteiger partial charge in [-0.2, -0.15) is 0 Å². The predicted octanol–water partition coefficient (Wildman–Crippen LogP) is 1.79. The average molecular weight is 273 g/mol. The molecule has 8 heteroatoms. The van der Waals surface area contributed by atoms with Crippen LogP contribution in [-0.2, 0) is 4.79 Å². The quantitative estimate of drug-likeness (QED) is 0.645. The number of hydrogen-bond donors (Lipinski definition) is 2. The second-order valence-electron chi connectivity index (χ2n) is 4.15. The predicted molar refractivity (Wildman–Crippen MR) is 64.5 cm³/mol. The molecular weight excluding hydrogens is 260 g/mol. The number of carbonyl (C=O) groups is 1. The number of rotatable bonds is 4. The second-order valence-corrected chi connectivity index (χ2v) is 4.15. The number of nitro groups is 1. The van der Waals surface area contributed by atoms with E-state index in [-0.39, 0.29) is 0 Å². The van der Waals surface area contributed by atoms with Crippen molar-refractivity contribution in [1.82, 2.24) is 0 Å². The number of nitrogens with two attached hydrogens (primary N) is 1. The van der Waals surface area contributed by atoms with Crippen LogP contribution in [0.4, 0.5) is 20.2 Å². The molecule has 1 amide bonds. The molecule has 19 heavy (non-hydrogen) atoms. The molecule has 3 N–H and O–H groups in total. The molecule has 104 valence electrons. The number of hydrogen-bond acceptors (Lipinski definition) is 4. The van der Waals surface area contributed by atoms with Gasteiger partial charge in [-0.1, -0.05) is 6.92 Å². The molecule has 0 aliphatic carbocycles. The first-order valence-corrected chi connectivity index (χ1v) is 5.44. The molecule has 0 radical (unpaired) electrons. The van der Waals surface area contributed by atoms with E-state index in [0.717, 1.165) is 6.07 Å². The summed E-state index contributed by atoms with van der Waals surface area (Å²) in [6.45, 7) is 3.03. The highest BCUT2D eigenvalue weighted by Crippen LogP contribution is 2.29. The number of halogens is 2. The van der Waals surface area contributed by atoms with Gasteiger partial charge < -0.3 is 11.1 Å². The van der Waals surface area contributed by atoms with Gasteiger partial charge in [-0.3, -0.25) is 14.9 Å². The van der Waals surface area contributed by atoms with Crippen LogP contribution in [0.3, 0.4) is 0 Å². The molecular formula is C11H13F2N3O3. The van der Waals surface area contributed by atoms with Crippen LogP contribution in [0.2, 0.25) is 0 Å². The maximum absolute atomic E-state index is 13.5. The zero-order valence-corrected chi connectivity index (χ0v) is 10.3. The van der Waals surface area contributed by atoms with Gasteiger partial charge in [0.1, 0.15) is 0 Å². The molecule has 0 bridgehead atoms. The summed E-state index contributed by atoms with van der Waals surface area (Å²) in [6, 6.07) is 0.874. The minimum Gasteiger partial charge on any atom is -0.327 e. The third kappa shape index (κ3) is 3.22. The van der Waals surface area contributed by atoms with E-state index in [9.17, 15) is 23.7 Å². The Morgan fingerprint density at radius 1 is 1.42 bits per heavy atom. The summed E-state index contributed by atoms with van der Waals surface area (Å²) in [6.07, 6.45) is 0. The monoisotopic (exact) mass is 273 g/mol. The van der Waals surface area contributed by atoms with E-state index in [1.807, 2.05) is 5.32 Å². The molecule has 0 aromatic heterocycles. The Balaban J connectivity index is 3.16. The number of benzene rings is 1. The molecule has 0 fully saturated rings. The zero-order valence-electron chi connectivity index (χ0n) is 10.3. The smallest absolute Gasteiger partial charge is 0.296 e. The average Bonchev–Trinajstić information content (AvgIpc) is 2.33. The lowest BCUT2D eigenvalue weighted by molar-refractivity contribution is -0.384. The molecule has 0 spiro atoms. The number of carbonyl (C=O) groups excluding carboxylic acids is 1. The maximum Gasteiger partial charge on any atom is 0.296 e. The van der Waals surface area contributed by atoms with Gasteiger partial charge in [0, 0.05) is 12.1 Å². The molecule has 1 aromatic rings. The molecule has 1 aromatic carbocycles. The Morgan fingerprint density at radius 3 is 2.47 bits per heavy atom. The van der Waals surface area contributed by atoms with Gasteiger partial charge in [-0.25, -0.2) is 8.78 Å². The highest BCUT2D eigenvalue weighted by atomic mass is 19.2. The standard InChI is InChI=1S/C11H13F2N3O3/c1-5(6(2)14)11(17)15-10-8(16(18)19)4-3-7(12)9(10)13/h3-6H,14H2,1-2H3,(H,15,17). The third-order valence-electron chi connectivity index (χ3n) is 2.72. The van der Waals surface area contributed by atoms with Gasteiger partial charge in [-0.05, 0) is 13.0 Å². The fraction of sp³-hybridized carbons (Fsp3) is 0.364. The van der Waals surface area contributed by atoms with Crippen molar-refractivity contribution in [1.29, 1.82) is 0 Å². The lowest BCUT2D eigenvalue weighted by Gasteiger charge is -2.15. The van der Waals surface area contributed by atoms with Gasteiger partial charge in [0.15, 0.2) is 17.3 Å². The first-order valence-electron chi connectivity index (χ1n) is 5.44. The molecule has 0 saturated heterocycles. The van der Waals surface area contributed by atoms with Crippen molar-refractivity contribution >= 4 is 17.3 Å². The van der Waals surface area contributed by atoms with Crippen LogP contribution >= 0.6 is 0 Å². The molecule has 1 rings (SSSR count). The van der Waals surface area contributed by atoms with Crippen molar-refractivity contribution in [3.05, 3.63) is 33.9 Å². The minimum atomic E-state index is -1.47. The van der Waals surface area contributed by atoms with E-state index in [2.05, 4.69) is 0 Å². The number of anilines is 1.